The Labute approximate surface area is 124 Å². The molecule has 5 heteroatoms. The number of carboxylic acids is 1. The molecule has 21 heavy (non-hydrogen) atoms. The summed E-state index contributed by atoms with van der Waals surface area (Å²) in [6.07, 6.45) is 6.31. The summed E-state index contributed by atoms with van der Waals surface area (Å²) < 4.78 is 0. The minimum absolute atomic E-state index is 0.0571. The standard InChI is InChI=1S/C16H20N2O3/c19-15(20)11-6-12-18(14-9-2-1-3-10-14)16(21)17-13-7-4-5-8-13/h1-5,9-10,13H,6-8,11-12H2,(H,17,21)(H,19,20). The van der Waals surface area contributed by atoms with E-state index in [9.17, 15) is 9.59 Å². The van der Waals surface area contributed by atoms with Crippen molar-refractivity contribution in [3.05, 3.63) is 42.5 Å². The Balaban J connectivity index is 2.00. The molecule has 0 unspecified atom stereocenters. The number of hydrogen-bond acceptors (Lipinski definition) is 2. The van der Waals surface area contributed by atoms with Gasteiger partial charge >= 0.3 is 12.0 Å². The number of amides is 2. The first-order valence-corrected chi connectivity index (χ1v) is 7.16. The Bertz CT molecular complexity index is 506. The van der Waals surface area contributed by atoms with Crippen LogP contribution < -0.4 is 10.2 Å². The van der Waals surface area contributed by atoms with Crippen LogP contribution in [0.5, 0.6) is 0 Å². The van der Waals surface area contributed by atoms with Gasteiger partial charge in [-0.1, -0.05) is 30.4 Å². The summed E-state index contributed by atoms with van der Waals surface area (Å²) in [6.45, 7) is 0.391. The highest BCUT2D eigenvalue weighted by Gasteiger charge is 2.19. The molecule has 0 aliphatic heterocycles. The Kier molecular flexibility index (Phi) is 5.37. The average molecular weight is 288 g/mol. The van der Waals surface area contributed by atoms with Gasteiger partial charge in [0.1, 0.15) is 0 Å². The number of carbonyl (C=O) groups excluding carboxylic acids is 1. The molecule has 1 aliphatic carbocycles. The van der Waals surface area contributed by atoms with Crippen LogP contribution in [0.25, 0.3) is 0 Å². The molecule has 1 aromatic rings. The van der Waals surface area contributed by atoms with Crippen molar-refractivity contribution >= 4 is 17.7 Å². The third-order valence-electron chi connectivity index (χ3n) is 3.42. The number of urea groups is 1. The number of rotatable bonds is 6. The highest BCUT2D eigenvalue weighted by atomic mass is 16.4. The lowest BCUT2D eigenvalue weighted by Gasteiger charge is -2.25. The highest BCUT2D eigenvalue weighted by molar-refractivity contribution is 5.92. The van der Waals surface area contributed by atoms with Crippen molar-refractivity contribution in [3.63, 3.8) is 0 Å². The largest absolute Gasteiger partial charge is 0.481 e. The molecule has 0 spiro atoms. The SMILES string of the molecule is O=C(O)CCCN(C(=O)NC1CC=CC1)c1ccccc1. The molecule has 1 aromatic carbocycles. The third kappa shape index (κ3) is 4.63. The molecular formula is C16H20N2O3. The molecule has 2 N–H and O–H groups in total. The van der Waals surface area contributed by atoms with E-state index >= 15 is 0 Å². The van der Waals surface area contributed by atoms with Crippen LogP contribution in [0.15, 0.2) is 42.5 Å². The van der Waals surface area contributed by atoms with Gasteiger partial charge in [0, 0.05) is 24.7 Å². The van der Waals surface area contributed by atoms with Crippen LogP contribution in [-0.2, 0) is 4.79 Å². The fraction of sp³-hybridized carbons (Fsp3) is 0.375. The van der Waals surface area contributed by atoms with Crippen molar-refractivity contribution in [1.29, 1.82) is 0 Å². The van der Waals surface area contributed by atoms with Crippen molar-refractivity contribution in [2.24, 2.45) is 0 Å². The number of hydrogen-bond donors (Lipinski definition) is 2. The van der Waals surface area contributed by atoms with E-state index in [1.54, 1.807) is 4.90 Å². The van der Waals surface area contributed by atoms with E-state index in [4.69, 9.17) is 5.11 Å². The molecule has 0 saturated heterocycles. The number of carboxylic acid groups (broad SMARTS) is 1. The predicted molar refractivity (Wildman–Crippen MR) is 81.4 cm³/mol. The van der Waals surface area contributed by atoms with E-state index in [1.807, 2.05) is 30.3 Å². The third-order valence-corrected chi connectivity index (χ3v) is 3.42. The Morgan fingerprint density at radius 1 is 1.19 bits per heavy atom. The smallest absolute Gasteiger partial charge is 0.322 e. The summed E-state index contributed by atoms with van der Waals surface area (Å²) in [5, 5.41) is 11.7. The van der Waals surface area contributed by atoms with Crippen molar-refractivity contribution in [3.8, 4) is 0 Å². The van der Waals surface area contributed by atoms with Gasteiger partial charge in [0.2, 0.25) is 0 Å². The monoisotopic (exact) mass is 288 g/mol. The second-order valence-corrected chi connectivity index (χ2v) is 5.07. The molecule has 5 nitrogen and oxygen atoms in total. The Morgan fingerprint density at radius 2 is 1.86 bits per heavy atom. The number of carbonyl (C=O) groups is 2. The summed E-state index contributed by atoms with van der Waals surface area (Å²) in [7, 11) is 0. The number of para-hydroxylation sites is 1. The van der Waals surface area contributed by atoms with E-state index in [-0.39, 0.29) is 18.5 Å². The second-order valence-electron chi connectivity index (χ2n) is 5.07. The van der Waals surface area contributed by atoms with Crippen LogP contribution in [0.3, 0.4) is 0 Å². The van der Waals surface area contributed by atoms with E-state index in [0.717, 1.165) is 18.5 Å². The van der Waals surface area contributed by atoms with E-state index < -0.39 is 5.97 Å². The maximum absolute atomic E-state index is 12.4. The first kappa shape index (κ1) is 15.1. The number of nitrogens with zero attached hydrogens (tertiary/aromatic N) is 1. The minimum atomic E-state index is -0.844. The summed E-state index contributed by atoms with van der Waals surface area (Å²) in [5.74, 6) is -0.844. The van der Waals surface area contributed by atoms with Gasteiger partial charge in [-0.3, -0.25) is 9.69 Å². The molecule has 0 aromatic heterocycles. The first-order chi connectivity index (χ1) is 10.2. The maximum atomic E-state index is 12.4. The van der Waals surface area contributed by atoms with Crippen molar-refractivity contribution in [1.82, 2.24) is 5.32 Å². The summed E-state index contributed by atoms with van der Waals surface area (Å²) in [4.78, 5) is 24.7. The van der Waals surface area contributed by atoms with Gasteiger partial charge in [0.25, 0.3) is 0 Å². The van der Waals surface area contributed by atoms with Crippen molar-refractivity contribution < 1.29 is 14.7 Å². The lowest BCUT2D eigenvalue weighted by molar-refractivity contribution is -0.137. The van der Waals surface area contributed by atoms with Crippen LogP contribution >= 0.6 is 0 Å². The number of anilines is 1. The molecule has 0 bridgehead atoms. The van der Waals surface area contributed by atoms with E-state index in [1.165, 1.54) is 0 Å². The summed E-state index contributed by atoms with van der Waals surface area (Å²) in [5.41, 5.74) is 0.784. The minimum Gasteiger partial charge on any atom is -0.481 e. The number of aliphatic carboxylic acids is 1. The zero-order chi connectivity index (χ0) is 15.1. The molecule has 2 rings (SSSR count). The topological polar surface area (TPSA) is 69.6 Å². The van der Waals surface area contributed by atoms with Crippen molar-refractivity contribution in [2.45, 2.75) is 31.7 Å². The van der Waals surface area contributed by atoms with E-state index in [2.05, 4.69) is 17.5 Å². The zero-order valence-corrected chi connectivity index (χ0v) is 11.9. The van der Waals surface area contributed by atoms with Crippen molar-refractivity contribution in [2.75, 3.05) is 11.4 Å². The van der Waals surface area contributed by atoms with Gasteiger partial charge < -0.3 is 10.4 Å². The van der Waals surface area contributed by atoms with Crippen LogP contribution in [0.1, 0.15) is 25.7 Å². The highest BCUT2D eigenvalue weighted by Crippen LogP contribution is 2.16. The van der Waals surface area contributed by atoms with E-state index in [0.29, 0.717) is 13.0 Å². The van der Waals surface area contributed by atoms with Gasteiger partial charge in [-0.15, -0.1) is 0 Å². The Hall–Kier alpha value is -2.30. The summed E-state index contributed by atoms with van der Waals surface area (Å²) in [6, 6.07) is 9.30. The van der Waals surface area contributed by atoms with Crippen LogP contribution in [0.4, 0.5) is 10.5 Å². The fourth-order valence-electron chi connectivity index (χ4n) is 2.33. The van der Waals surface area contributed by atoms with Gasteiger partial charge in [-0.05, 0) is 31.4 Å². The van der Waals surface area contributed by atoms with Crippen LogP contribution in [0, 0.1) is 0 Å². The van der Waals surface area contributed by atoms with Gasteiger partial charge in [-0.25, -0.2) is 4.79 Å². The van der Waals surface area contributed by atoms with Crippen LogP contribution in [-0.4, -0.2) is 29.7 Å². The first-order valence-electron chi connectivity index (χ1n) is 7.16. The zero-order valence-electron chi connectivity index (χ0n) is 11.9. The quantitative estimate of drug-likeness (QED) is 0.791. The molecule has 1 aliphatic rings. The van der Waals surface area contributed by atoms with Gasteiger partial charge in [0.15, 0.2) is 0 Å². The lowest BCUT2D eigenvalue weighted by Crippen LogP contribution is -2.44. The second kappa shape index (κ2) is 7.47. The predicted octanol–water partition coefficient (Wildman–Crippen LogP) is 2.79. The number of nitrogens with one attached hydrogen (secondary N) is 1. The lowest BCUT2D eigenvalue weighted by atomic mass is 10.2. The maximum Gasteiger partial charge on any atom is 0.322 e. The molecular weight excluding hydrogens is 268 g/mol. The molecule has 0 radical (unpaired) electrons. The number of benzene rings is 1. The molecule has 2 amide bonds. The summed E-state index contributed by atoms with van der Waals surface area (Å²) >= 11 is 0. The van der Waals surface area contributed by atoms with Gasteiger partial charge in [0.05, 0.1) is 0 Å². The molecule has 0 saturated carbocycles. The molecule has 0 atom stereocenters. The fourth-order valence-corrected chi connectivity index (χ4v) is 2.33. The molecule has 0 fully saturated rings. The van der Waals surface area contributed by atoms with Gasteiger partial charge in [-0.2, -0.15) is 0 Å². The molecule has 0 heterocycles. The molecule has 112 valence electrons. The average Bonchev–Trinajstić information content (AvgIpc) is 2.97. The van der Waals surface area contributed by atoms with Crippen LogP contribution in [0.2, 0.25) is 0 Å². The Morgan fingerprint density at radius 3 is 2.48 bits per heavy atom. The normalized spacial score (nSPS) is 14.1.